The van der Waals surface area contributed by atoms with Gasteiger partial charge < -0.3 is 10.2 Å². The van der Waals surface area contributed by atoms with Gasteiger partial charge in [0.1, 0.15) is 0 Å². The Morgan fingerprint density at radius 2 is 2.10 bits per heavy atom. The zero-order valence-corrected chi connectivity index (χ0v) is 13.5. The van der Waals surface area contributed by atoms with Crippen LogP contribution in [0.2, 0.25) is 0 Å². The average Bonchev–Trinajstić information content (AvgIpc) is 2.82. The molecule has 0 aromatic carbocycles. The van der Waals surface area contributed by atoms with Gasteiger partial charge in [-0.15, -0.1) is 5.10 Å². The summed E-state index contributed by atoms with van der Waals surface area (Å²) in [6, 6.07) is 2.55. The number of aryl methyl sites for hydroxylation is 1. The summed E-state index contributed by atoms with van der Waals surface area (Å²) in [7, 11) is 0. The molecule has 0 radical (unpaired) electrons. The first kappa shape index (κ1) is 14.5. The van der Waals surface area contributed by atoms with Gasteiger partial charge in [0.15, 0.2) is 0 Å². The van der Waals surface area contributed by atoms with Gasteiger partial charge in [0.2, 0.25) is 10.1 Å². The maximum atomic E-state index is 11.9. The van der Waals surface area contributed by atoms with E-state index >= 15 is 0 Å². The van der Waals surface area contributed by atoms with Crippen molar-refractivity contribution >= 4 is 21.4 Å². The molecule has 0 aliphatic carbocycles. The average molecular weight is 307 g/mol. The molecular formula is C14H21N5OS. The molecular weight excluding hydrogens is 286 g/mol. The van der Waals surface area contributed by atoms with Crippen molar-refractivity contribution in [2.24, 2.45) is 0 Å². The van der Waals surface area contributed by atoms with Crippen LogP contribution in [0.4, 0.5) is 5.13 Å². The van der Waals surface area contributed by atoms with Gasteiger partial charge in [-0.3, -0.25) is 4.79 Å². The van der Waals surface area contributed by atoms with Crippen molar-refractivity contribution in [3.8, 4) is 0 Å². The van der Waals surface area contributed by atoms with E-state index in [9.17, 15) is 4.79 Å². The van der Waals surface area contributed by atoms with Crippen LogP contribution in [0.3, 0.4) is 0 Å². The second-order valence-corrected chi connectivity index (χ2v) is 6.84. The lowest BCUT2D eigenvalue weighted by Crippen LogP contribution is -2.42. The zero-order chi connectivity index (χ0) is 15.0. The third-order valence-electron chi connectivity index (χ3n) is 3.96. The highest BCUT2D eigenvalue weighted by atomic mass is 32.1. The summed E-state index contributed by atoms with van der Waals surface area (Å²) >= 11 is 1.44. The Bertz CT molecular complexity index is 684. The van der Waals surface area contributed by atoms with Crippen LogP contribution in [0.25, 0.3) is 4.96 Å². The summed E-state index contributed by atoms with van der Waals surface area (Å²) in [6.07, 6.45) is 2.21. The van der Waals surface area contributed by atoms with E-state index in [-0.39, 0.29) is 5.56 Å². The summed E-state index contributed by atoms with van der Waals surface area (Å²) in [5.74, 6) is 0. The fourth-order valence-corrected chi connectivity index (χ4v) is 3.64. The number of hydrogen-bond acceptors (Lipinski definition) is 6. The van der Waals surface area contributed by atoms with E-state index in [4.69, 9.17) is 0 Å². The van der Waals surface area contributed by atoms with Gasteiger partial charge in [-0.1, -0.05) is 11.3 Å². The Morgan fingerprint density at radius 3 is 2.76 bits per heavy atom. The zero-order valence-electron chi connectivity index (χ0n) is 12.7. The molecule has 0 atom stereocenters. The van der Waals surface area contributed by atoms with Gasteiger partial charge in [0.25, 0.3) is 5.56 Å². The van der Waals surface area contributed by atoms with Gasteiger partial charge >= 0.3 is 0 Å². The summed E-state index contributed by atoms with van der Waals surface area (Å²) in [6.45, 7) is 8.52. The highest BCUT2D eigenvalue weighted by molar-refractivity contribution is 7.20. The predicted molar refractivity (Wildman–Crippen MR) is 85.2 cm³/mol. The van der Waals surface area contributed by atoms with Gasteiger partial charge in [0, 0.05) is 36.9 Å². The van der Waals surface area contributed by atoms with Crippen LogP contribution >= 0.6 is 11.3 Å². The molecule has 3 heterocycles. The summed E-state index contributed by atoms with van der Waals surface area (Å²) < 4.78 is 1.38. The number of piperidine rings is 1. The minimum absolute atomic E-state index is 0.114. The molecule has 0 saturated carbocycles. The van der Waals surface area contributed by atoms with Crippen molar-refractivity contribution in [2.75, 3.05) is 18.4 Å². The molecule has 6 nitrogen and oxygen atoms in total. The minimum Gasteiger partial charge on any atom is -0.357 e. The van der Waals surface area contributed by atoms with Crippen molar-refractivity contribution in [3.63, 3.8) is 0 Å². The van der Waals surface area contributed by atoms with E-state index in [0.717, 1.165) is 36.8 Å². The van der Waals surface area contributed by atoms with Crippen LogP contribution in [0, 0.1) is 6.92 Å². The van der Waals surface area contributed by atoms with E-state index in [2.05, 4.69) is 34.1 Å². The van der Waals surface area contributed by atoms with Crippen LogP contribution in [-0.2, 0) is 0 Å². The number of likely N-dealkylation sites (tertiary alicyclic amines) is 1. The molecule has 2 aromatic rings. The van der Waals surface area contributed by atoms with Crippen LogP contribution in [-0.4, -0.2) is 44.7 Å². The first-order chi connectivity index (χ1) is 10.0. The highest BCUT2D eigenvalue weighted by Crippen LogP contribution is 2.21. The van der Waals surface area contributed by atoms with Crippen LogP contribution in [0.15, 0.2) is 10.9 Å². The second kappa shape index (κ2) is 5.73. The lowest BCUT2D eigenvalue weighted by Gasteiger charge is -2.34. The van der Waals surface area contributed by atoms with Crippen molar-refractivity contribution in [3.05, 3.63) is 22.1 Å². The molecule has 1 N–H and O–H groups in total. The lowest BCUT2D eigenvalue weighted by atomic mass is 10.0. The first-order valence-electron chi connectivity index (χ1n) is 7.41. The van der Waals surface area contributed by atoms with Crippen LogP contribution < -0.4 is 10.9 Å². The summed E-state index contributed by atoms with van der Waals surface area (Å²) in [5.41, 5.74) is 0.622. The Kier molecular flexibility index (Phi) is 3.95. The Balaban J connectivity index is 1.72. The monoisotopic (exact) mass is 307 g/mol. The van der Waals surface area contributed by atoms with Crippen LogP contribution in [0.5, 0.6) is 0 Å². The maximum Gasteiger partial charge on any atom is 0.275 e. The number of fused-ring (bicyclic) bond motifs is 1. The van der Waals surface area contributed by atoms with E-state index in [1.54, 1.807) is 0 Å². The molecule has 0 unspecified atom stereocenters. The van der Waals surface area contributed by atoms with Crippen molar-refractivity contribution in [1.82, 2.24) is 19.5 Å². The largest absolute Gasteiger partial charge is 0.357 e. The highest BCUT2D eigenvalue weighted by Gasteiger charge is 2.21. The molecule has 3 rings (SSSR count). The molecule has 1 fully saturated rings. The minimum atomic E-state index is -0.114. The maximum absolute atomic E-state index is 11.9. The van der Waals surface area contributed by atoms with Crippen molar-refractivity contribution in [2.45, 2.75) is 45.7 Å². The van der Waals surface area contributed by atoms with Gasteiger partial charge in [0.05, 0.1) is 0 Å². The first-order valence-corrected chi connectivity index (χ1v) is 8.22. The van der Waals surface area contributed by atoms with E-state index in [0.29, 0.717) is 17.0 Å². The van der Waals surface area contributed by atoms with E-state index in [1.165, 1.54) is 21.9 Å². The molecule has 21 heavy (non-hydrogen) atoms. The smallest absolute Gasteiger partial charge is 0.275 e. The van der Waals surface area contributed by atoms with Gasteiger partial charge in [-0.25, -0.2) is 4.98 Å². The molecule has 0 bridgehead atoms. The Hall–Kier alpha value is -1.47. The SMILES string of the molecule is Cc1cc(=O)n2nc(NC3CCN(C(C)C)CC3)sc2n1. The third-order valence-corrected chi connectivity index (χ3v) is 4.80. The predicted octanol–water partition coefficient (Wildman–Crippen LogP) is 1.74. The molecule has 7 heteroatoms. The number of rotatable bonds is 3. The summed E-state index contributed by atoms with van der Waals surface area (Å²) in [5, 5.41) is 8.58. The standard InChI is InChI=1S/C14H21N5OS/c1-9(2)18-6-4-11(5-7-18)16-13-17-19-12(20)8-10(3)15-14(19)21-13/h8-9,11H,4-7H2,1-3H3,(H,16,17). The molecule has 1 aliphatic heterocycles. The normalized spacial score (nSPS) is 17.7. The Morgan fingerprint density at radius 1 is 1.38 bits per heavy atom. The van der Waals surface area contributed by atoms with Crippen LogP contribution in [0.1, 0.15) is 32.4 Å². The second-order valence-electron chi connectivity index (χ2n) is 5.89. The number of nitrogens with zero attached hydrogens (tertiary/aromatic N) is 4. The molecule has 2 aromatic heterocycles. The molecule has 0 amide bonds. The number of aromatic nitrogens is 3. The topological polar surface area (TPSA) is 62.5 Å². The fourth-order valence-electron chi connectivity index (χ4n) is 2.71. The van der Waals surface area contributed by atoms with E-state index < -0.39 is 0 Å². The number of hydrogen-bond donors (Lipinski definition) is 1. The lowest BCUT2D eigenvalue weighted by molar-refractivity contribution is 0.177. The molecule has 114 valence electrons. The molecule has 1 aliphatic rings. The summed E-state index contributed by atoms with van der Waals surface area (Å²) in [4.78, 5) is 19.4. The van der Waals surface area contributed by atoms with Gasteiger partial charge in [-0.05, 0) is 33.6 Å². The van der Waals surface area contributed by atoms with Crippen molar-refractivity contribution in [1.29, 1.82) is 0 Å². The van der Waals surface area contributed by atoms with Crippen molar-refractivity contribution < 1.29 is 0 Å². The molecule has 0 spiro atoms. The Labute approximate surface area is 127 Å². The van der Waals surface area contributed by atoms with E-state index in [1.807, 2.05) is 6.92 Å². The fraction of sp³-hybridized carbons (Fsp3) is 0.643. The molecule has 1 saturated heterocycles. The quantitative estimate of drug-likeness (QED) is 0.936. The third kappa shape index (κ3) is 3.08. The number of anilines is 1. The van der Waals surface area contributed by atoms with Gasteiger partial charge in [-0.2, -0.15) is 4.52 Å². The number of nitrogens with one attached hydrogen (secondary N) is 1.